The summed E-state index contributed by atoms with van der Waals surface area (Å²) in [6.45, 7) is 19.8. The fraction of sp³-hybridized carbons (Fsp3) is 0.595. The Morgan fingerprint density at radius 2 is 1.73 bits per heavy atom. The first kappa shape index (κ1) is 43.3. The minimum Gasteiger partial charge on any atom is -0.444 e. The number of nitrogens with one attached hydrogen (secondary N) is 1. The van der Waals surface area contributed by atoms with E-state index >= 15 is 4.39 Å². The Kier molecular flexibility index (Phi) is 13.7. The highest BCUT2D eigenvalue weighted by molar-refractivity contribution is 6.74. The zero-order chi connectivity index (χ0) is 41.0. The average molecular weight is 798 g/mol. The molecule has 3 aromatic rings. The van der Waals surface area contributed by atoms with Crippen LogP contribution in [0.15, 0.2) is 54.7 Å². The highest BCUT2D eigenvalue weighted by Gasteiger charge is 2.47. The number of hydrogen-bond donors (Lipinski definition) is 2. The average Bonchev–Trinajstić information content (AvgIpc) is 3.72. The van der Waals surface area contributed by atoms with Crippen molar-refractivity contribution in [1.29, 1.82) is 0 Å². The van der Waals surface area contributed by atoms with Crippen LogP contribution in [0.3, 0.4) is 0 Å². The van der Waals surface area contributed by atoms with Crippen molar-refractivity contribution < 1.29 is 37.4 Å². The maximum Gasteiger partial charge on any atom is 0.410 e. The Morgan fingerprint density at radius 1 is 1.05 bits per heavy atom. The van der Waals surface area contributed by atoms with E-state index in [9.17, 15) is 19.1 Å². The number of halogens is 2. The van der Waals surface area contributed by atoms with Gasteiger partial charge in [-0.25, -0.2) is 23.4 Å². The monoisotopic (exact) mass is 797 g/mol. The fourth-order valence-corrected chi connectivity index (χ4v) is 8.51. The molecule has 2 aliphatic heterocycles. The molecule has 1 aromatic heterocycles. The molecule has 3 amide bonds. The summed E-state index contributed by atoms with van der Waals surface area (Å²) < 4.78 is 50.6. The van der Waals surface area contributed by atoms with Gasteiger partial charge in [0.1, 0.15) is 23.1 Å². The van der Waals surface area contributed by atoms with Crippen LogP contribution in [0.5, 0.6) is 0 Å². The molecule has 2 aromatic carbocycles. The van der Waals surface area contributed by atoms with Gasteiger partial charge in [-0.1, -0.05) is 51.1 Å². The largest absolute Gasteiger partial charge is 0.444 e. The van der Waals surface area contributed by atoms with Gasteiger partial charge in [0.2, 0.25) is 0 Å². The summed E-state index contributed by atoms with van der Waals surface area (Å²) in [6.07, 6.45) is 2.09. The molecular formula is C42H61F2N5O6Si. The van der Waals surface area contributed by atoms with E-state index in [0.29, 0.717) is 45.0 Å². The Morgan fingerprint density at radius 3 is 2.36 bits per heavy atom. The molecule has 14 heteroatoms. The van der Waals surface area contributed by atoms with Crippen molar-refractivity contribution in [3.8, 4) is 11.3 Å². The first-order valence-corrected chi connectivity index (χ1v) is 22.6. The quantitative estimate of drug-likeness (QED) is 0.179. The maximum absolute atomic E-state index is 15.4. The van der Waals surface area contributed by atoms with E-state index in [0.717, 1.165) is 23.8 Å². The second kappa shape index (κ2) is 17.7. The predicted molar refractivity (Wildman–Crippen MR) is 215 cm³/mol. The number of nitrogens with zero attached hydrogens (tertiary/aromatic N) is 4. The SMILES string of the molecule is C[C@H](CO)NC(=O)N(C[C@@H]1CN(C(=O)OC(C)(C)C)C[C@H]1O[Si](C)(C)C(C)(C)C)[C@@H](c1nc(-c2cc(F)ccc2F)cn1Cc1ccccc1)C1CCOCC1. The molecule has 0 radical (unpaired) electrons. The van der Waals surface area contributed by atoms with Crippen LogP contribution >= 0.6 is 0 Å². The number of likely N-dealkylation sites (tertiary alicyclic amines) is 1. The third-order valence-electron chi connectivity index (χ3n) is 11.1. The topological polar surface area (TPSA) is 118 Å². The molecule has 0 bridgehead atoms. The van der Waals surface area contributed by atoms with Crippen LogP contribution in [0.1, 0.15) is 78.7 Å². The molecule has 0 spiro atoms. The number of imidazole rings is 1. The van der Waals surface area contributed by atoms with Crippen LogP contribution in [0, 0.1) is 23.5 Å². The third kappa shape index (κ3) is 10.8. The molecular weight excluding hydrogens is 737 g/mol. The molecule has 56 heavy (non-hydrogen) atoms. The van der Waals surface area contributed by atoms with E-state index in [4.69, 9.17) is 18.9 Å². The molecule has 0 aliphatic carbocycles. The van der Waals surface area contributed by atoms with Gasteiger partial charge < -0.3 is 38.7 Å². The van der Waals surface area contributed by atoms with Crippen LogP contribution in [0.25, 0.3) is 11.3 Å². The van der Waals surface area contributed by atoms with Gasteiger partial charge in [-0.2, -0.15) is 0 Å². The molecule has 2 aliphatic rings. The molecule has 2 fully saturated rings. The summed E-state index contributed by atoms with van der Waals surface area (Å²) >= 11 is 0. The van der Waals surface area contributed by atoms with Gasteiger partial charge in [0.15, 0.2) is 8.32 Å². The van der Waals surface area contributed by atoms with Crippen molar-refractivity contribution in [3.63, 3.8) is 0 Å². The van der Waals surface area contributed by atoms with Gasteiger partial charge in [-0.15, -0.1) is 0 Å². The van der Waals surface area contributed by atoms with E-state index in [1.54, 1.807) is 22.9 Å². The molecule has 4 atom stereocenters. The molecule has 308 valence electrons. The van der Waals surface area contributed by atoms with Crippen molar-refractivity contribution in [2.24, 2.45) is 11.8 Å². The van der Waals surface area contributed by atoms with E-state index < -0.39 is 55.9 Å². The van der Waals surface area contributed by atoms with Crippen LogP contribution in [0.4, 0.5) is 18.4 Å². The van der Waals surface area contributed by atoms with Gasteiger partial charge in [-0.3, -0.25) is 0 Å². The molecule has 11 nitrogen and oxygen atoms in total. The lowest BCUT2D eigenvalue weighted by Crippen LogP contribution is -2.53. The number of carbonyl (C=O) groups excluding carboxylic acids is 2. The van der Waals surface area contributed by atoms with Gasteiger partial charge in [-0.05, 0) is 88.3 Å². The van der Waals surface area contributed by atoms with Gasteiger partial charge in [0, 0.05) is 57.1 Å². The smallest absolute Gasteiger partial charge is 0.410 e. The lowest BCUT2D eigenvalue weighted by Gasteiger charge is -2.42. The van der Waals surface area contributed by atoms with Gasteiger partial charge >= 0.3 is 12.1 Å². The maximum atomic E-state index is 15.4. The van der Waals surface area contributed by atoms with Crippen LogP contribution < -0.4 is 5.32 Å². The Labute approximate surface area is 331 Å². The standard InChI is InChI=1S/C42H61F2N5O6Si/c1-28(27-50)45-39(51)49(24-31-23-48(40(52)54-41(2,3)4)26-36(31)55-56(8,9)42(5,6)7)37(30-17-19-53-20-18-30)38-46-35(33-21-32(43)15-16-34(33)44)25-47(38)22-29-13-11-10-12-14-29/h10-16,21,25,28,30-31,36-37,50H,17-20,22-24,26-27H2,1-9H3,(H,45,51)/t28-,31+,36-,37-/m1/s1. The van der Waals surface area contributed by atoms with Gasteiger partial charge in [0.05, 0.1) is 30.5 Å². The van der Waals surface area contributed by atoms with Crippen LogP contribution in [-0.2, 0) is 20.4 Å². The van der Waals surface area contributed by atoms with Crippen molar-refractivity contribution in [2.45, 2.75) is 110 Å². The summed E-state index contributed by atoms with van der Waals surface area (Å²) in [4.78, 5) is 36.8. The fourth-order valence-electron chi connectivity index (χ4n) is 7.13. The van der Waals surface area contributed by atoms with Crippen molar-refractivity contribution in [3.05, 3.63) is 77.8 Å². The summed E-state index contributed by atoms with van der Waals surface area (Å²) in [5.41, 5.74) is 0.505. The summed E-state index contributed by atoms with van der Waals surface area (Å²) in [5.74, 6) is -1.16. The second-order valence-corrected chi connectivity index (χ2v) is 22.6. The number of amides is 3. The van der Waals surface area contributed by atoms with Crippen molar-refractivity contribution >= 4 is 20.4 Å². The summed E-state index contributed by atoms with van der Waals surface area (Å²) in [7, 11) is -2.38. The number of rotatable bonds is 12. The lowest BCUT2D eigenvalue weighted by molar-refractivity contribution is 0.0223. The number of aliphatic hydroxyl groups excluding tert-OH is 1. The second-order valence-electron chi connectivity index (χ2n) is 17.9. The number of carbonyl (C=O) groups is 2. The van der Waals surface area contributed by atoms with E-state index in [2.05, 4.69) is 39.2 Å². The molecule has 2 N–H and O–H groups in total. The molecule has 0 unspecified atom stereocenters. The third-order valence-corrected chi connectivity index (χ3v) is 15.6. The summed E-state index contributed by atoms with van der Waals surface area (Å²) in [5, 5.41) is 12.9. The number of benzene rings is 2. The molecule has 5 rings (SSSR count). The van der Waals surface area contributed by atoms with Crippen LogP contribution in [-0.4, -0.2) is 102 Å². The lowest BCUT2D eigenvalue weighted by atomic mass is 9.89. The molecule has 0 saturated carbocycles. The number of ether oxygens (including phenoxy) is 2. The minimum atomic E-state index is -2.38. The highest BCUT2D eigenvalue weighted by Crippen LogP contribution is 2.42. The highest BCUT2D eigenvalue weighted by atomic mass is 28.4. The number of aliphatic hydroxyl groups is 1. The van der Waals surface area contributed by atoms with Crippen molar-refractivity contribution in [2.75, 3.05) is 39.5 Å². The van der Waals surface area contributed by atoms with Crippen LogP contribution in [0.2, 0.25) is 18.1 Å². The predicted octanol–water partition coefficient (Wildman–Crippen LogP) is 7.99. The zero-order valence-electron chi connectivity index (χ0n) is 34.5. The van der Waals surface area contributed by atoms with E-state index in [1.807, 2.05) is 55.7 Å². The number of urea groups is 1. The first-order valence-electron chi connectivity index (χ1n) is 19.7. The summed E-state index contributed by atoms with van der Waals surface area (Å²) in [6, 6.07) is 11.4. The number of aromatic nitrogens is 2. The van der Waals surface area contributed by atoms with Crippen molar-refractivity contribution in [1.82, 2.24) is 24.7 Å². The Hall–Kier alpha value is -3.85. The Bertz CT molecular complexity index is 1790. The molecule has 2 saturated heterocycles. The Balaban J connectivity index is 1.66. The number of hydrogen-bond acceptors (Lipinski definition) is 7. The van der Waals surface area contributed by atoms with E-state index in [1.165, 1.54) is 0 Å². The zero-order valence-corrected chi connectivity index (χ0v) is 35.5. The van der Waals surface area contributed by atoms with Gasteiger partial charge in [0.25, 0.3) is 0 Å². The van der Waals surface area contributed by atoms with E-state index in [-0.39, 0.29) is 47.8 Å². The molecule has 3 heterocycles. The normalized spacial score (nSPS) is 19.5. The first-order chi connectivity index (χ1) is 26.3. The minimum absolute atomic E-state index is 0.0142.